The van der Waals surface area contributed by atoms with E-state index in [1.807, 2.05) is 26.0 Å². The predicted molar refractivity (Wildman–Crippen MR) is 148 cm³/mol. The highest BCUT2D eigenvalue weighted by Gasteiger charge is 2.39. The normalized spacial score (nSPS) is 19.4. The minimum Gasteiger partial charge on any atom is -0.379 e. The number of aryl methyl sites for hydroxylation is 2. The van der Waals surface area contributed by atoms with Gasteiger partial charge in [0.2, 0.25) is 11.8 Å². The summed E-state index contributed by atoms with van der Waals surface area (Å²) < 4.78 is 5.43. The lowest BCUT2D eigenvalue weighted by atomic mass is 10.1. The van der Waals surface area contributed by atoms with Crippen LogP contribution in [-0.4, -0.2) is 77.2 Å². The first-order valence-corrected chi connectivity index (χ1v) is 13.5. The summed E-state index contributed by atoms with van der Waals surface area (Å²) in [6.07, 6.45) is 0.864. The van der Waals surface area contributed by atoms with Gasteiger partial charge in [-0.3, -0.25) is 24.2 Å². The SMILES string of the molecule is CC(=O)c1ccc(NC(=O)C[C@@H]2SC(=Nc3cc(C)cc(C)c3)N(CCCN3CCOCC3)C2=O)cc1. The summed E-state index contributed by atoms with van der Waals surface area (Å²) >= 11 is 1.35. The van der Waals surface area contributed by atoms with Crippen LogP contribution in [0.3, 0.4) is 0 Å². The molecule has 0 spiro atoms. The summed E-state index contributed by atoms with van der Waals surface area (Å²) in [5, 5.41) is 2.95. The zero-order chi connectivity index (χ0) is 26.4. The largest absolute Gasteiger partial charge is 0.379 e. The number of carbonyl (C=O) groups is 3. The first-order valence-electron chi connectivity index (χ1n) is 12.6. The molecule has 0 aromatic heterocycles. The number of amidine groups is 1. The van der Waals surface area contributed by atoms with Gasteiger partial charge < -0.3 is 10.1 Å². The number of nitrogens with one attached hydrogen (secondary N) is 1. The minimum atomic E-state index is -0.537. The van der Waals surface area contributed by atoms with Crippen molar-refractivity contribution in [3.63, 3.8) is 0 Å². The molecule has 2 aliphatic rings. The van der Waals surface area contributed by atoms with E-state index in [1.165, 1.54) is 18.7 Å². The number of rotatable bonds is 9. The van der Waals surface area contributed by atoms with Gasteiger partial charge in [-0.05, 0) is 74.7 Å². The van der Waals surface area contributed by atoms with Crippen molar-refractivity contribution in [1.82, 2.24) is 9.80 Å². The zero-order valence-electron chi connectivity index (χ0n) is 21.7. The number of aliphatic imine (C=N–C) groups is 1. The molecule has 0 bridgehead atoms. The Morgan fingerprint density at radius 2 is 1.73 bits per heavy atom. The summed E-state index contributed by atoms with van der Waals surface area (Å²) in [7, 11) is 0. The first-order chi connectivity index (χ1) is 17.8. The number of ketones is 1. The zero-order valence-corrected chi connectivity index (χ0v) is 22.5. The summed E-state index contributed by atoms with van der Waals surface area (Å²) in [4.78, 5) is 46.6. The van der Waals surface area contributed by atoms with Crippen LogP contribution in [0, 0.1) is 13.8 Å². The molecule has 2 aromatic rings. The highest BCUT2D eigenvalue weighted by Crippen LogP contribution is 2.32. The molecule has 196 valence electrons. The second kappa shape index (κ2) is 12.5. The van der Waals surface area contributed by atoms with Gasteiger partial charge in [0.1, 0.15) is 5.25 Å². The Kier molecular flexibility index (Phi) is 9.13. The number of anilines is 1. The average Bonchev–Trinajstić information content (AvgIpc) is 3.13. The van der Waals surface area contributed by atoms with Crippen LogP contribution in [0.15, 0.2) is 47.5 Å². The third-order valence-electron chi connectivity index (χ3n) is 6.36. The number of hydrogen-bond donors (Lipinski definition) is 1. The van der Waals surface area contributed by atoms with Crippen LogP contribution >= 0.6 is 11.8 Å². The van der Waals surface area contributed by atoms with Crippen LogP contribution in [0.2, 0.25) is 0 Å². The number of thioether (sulfide) groups is 1. The maximum absolute atomic E-state index is 13.4. The molecule has 2 saturated heterocycles. The van der Waals surface area contributed by atoms with Crippen LogP contribution in [0.4, 0.5) is 11.4 Å². The molecule has 1 atom stereocenters. The molecule has 0 saturated carbocycles. The van der Waals surface area contributed by atoms with Crippen molar-refractivity contribution in [3.05, 3.63) is 59.2 Å². The number of Topliss-reactive ketones (excluding diaryl/α,β-unsaturated/α-hetero) is 1. The molecule has 8 nitrogen and oxygen atoms in total. The highest BCUT2D eigenvalue weighted by atomic mass is 32.2. The maximum Gasteiger partial charge on any atom is 0.242 e. The van der Waals surface area contributed by atoms with E-state index in [0.717, 1.165) is 56.1 Å². The first kappa shape index (κ1) is 27.0. The number of nitrogens with zero attached hydrogens (tertiary/aromatic N) is 3. The van der Waals surface area contributed by atoms with Gasteiger partial charge in [0.25, 0.3) is 0 Å². The fraction of sp³-hybridized carbons (Fsp3) is 0.429. The molecule has 1 N–H and O–H groups in total. The number of ether oxygens (including phenoxy) is 1. The fourth-order valence-electron chi connectivity index (χ4n) is 4.50. The third kappa shape index (κ3) is 7.50. The Labute approximate surface area is 222 Å². The van der Waals surface area contributed by atoms with Gasteiger partial charge in [0, 0.05) is 43.9 Å². The van der Waals surface area contributed by atoms with E-state index in [-0.39, 0.29) is 24.0 Å². The maximum atomic E-state index is 13.4. The number of hydrogen-bond acceptors (Lipinski definition) is 7. The summed E-state index contributed by atoms with van der Waals surface area (Å²) in [6.45, 7) is 10.3. The van der Waals surface area contributed by atoms with Gasteiger partial charge >= 0.3 is 0 Å². The predicted octanol–water partition coefficient (Wildman–Crippen LogP) is 4.19. The van der Waals surface area contributed by atoms with Gasteiger partial charge in [-0.25, -0.2) is 4.99 Å². The number of amides is 2. The quantitative estimate of drug-likeness (QED) is 0.497. The van der Waals surface area contributed by atoms with Crippen LogP contribution in [0.25, 0.3) is 0 Å². The van der Waals surface area contributed by atoms with E-state index < -0.39 is 5.25 Å². The Balaban J connectivity index is 1.44. The van der Waals surface area contributed by atoms with Crippen molar-refractivity contribution in [1.29, 1.82) is 0 Å². The molecule has 37 heavy (non-hydrogen) atoms. The molecular weight excluding hydrogens is 488 g/mol. The lowest BCUT2D eigenvalue weighted by Crippen LogP contribution is -2.39. The summed E-state index contributed by atoms with van der Waals surface area (Å²) in [5.41, 5.74) is 4.21. The van der Waals surface area contributed by atoms with E-state index in [9.17, 15) is 14.4 Å². The molecule has 4 rings (SSSR count). The number of morpholine rings is 1. The van der Waals surface area contributed by atoms with Gasteiger partial charge in [-0.2, -0.15) is 0 Å². The van der Waals surface area contributed by atoms with E-state index in [1.54, 1.807) is 29.2 Å². The second-order valence-electron chi connectivity index (χ2n) is 9.53. The fourth-order valence-corrected chi connectivity index (χ4v) is 5.69. The van der Waals surface area contributed by atoms with E-state index >= 15 is 0 Å². The molecule has 0 unspecified atom stereocenters. The molecule has 2 fully saturated rings. The summed E-state index contributed by atoms with van der Waals surface area (Å²) in [5.74, 6) is -0.366. The van der Waals surface area contributed by atoms with Crippen molar-refractivity contribution in [2.45, 2.75) is 38.9 Å². The molecule has 2 aliphatic heterocycles. The van der Waals surface area contributed by atoms with Gasteiger partial charge in [0.15, 0.2) is 11.0 Å². The summed E-state index contributed by atoms with van der Waals surface area (Å²) in [6, 6.07) is 12.8. The van der Waals surface area contributed by atoms with E-state index in [0.29, 0.717) is 23.0 Å². The Bertz CT molecular complexity index is 1150. The number of benzene rings is 2. The van der Waals surface area contributed by atoms with Gasteiger partial charge in [0.05, 0.1) is 18.9 Å². The van der Waals surface area contributed by atoms with Crippen molar-refractivity contribution < 1.29 is 19.1 Å². The third-order valence-corrected chi connectivity index (χ3v) is 7.53. The van der Waals surface area contributed by atoms with Crippen molar-refractivity contribution in [3.8, 4) is 0 Å². The number of carbonyl (C=O) groups excluding carboxylic acids is 3. The van der Waals surface area contributed by atoms with Gasteiger partial charge in [-0.1, -0.05) is 17.8 Å². The molecule has 9 heteroatoms. The standard InChI is InChI=1S/C28H34N4O4S/c1-19-15-20(2)17-24(16-19)30-28-32(10-4-9-31-11-13-36-14-12-31)27(35)25(37-28)18-26(34)29-23-7-5-22(6-8-23)21(3)33/h5-8,15-17,25H,4,9-14,18H2,1-3H3,(H,29,34)/t25-/m0/s1. The molecule has 2 aromatic carbocycles. The Morgan fingerprint density at radius 1 is 1.05 bits per heavy atom. The second-order valence-corrected chi connectivity index (χ2v) is 10.7. The van der Waals surface area contributed by atoms with Crippen LogP contribution in [-0.2, 0) is 14.3 Å². The Morgan fingerprint density at radius 3 is 2.38 bits per heavy atom. The van der Waals surface area contributed by atoms with Crippen LogP contribution in [0.1, 0.15) is 41.3 Å². The topological polar surface area (TPSA) is 91.3 Å². The highest BCUT2D eigenvalue weighted by molar-refractivity contribution is 8.15. The molecule has 2 heterocycles. The van der Waals surface area contributed by atoms with Crippen molar-refractivity contribution >= 4 is 45.9 Å². The van der Waals surface area contributed by atoms with Gasteiger partial charge in [-0.15, -0.1) is 0 Å². The van der Waals surface area contributed by atoms with Crippen molar-refractivity contribution in [2.75, 3.05) is 44.7 Å². The molecule has 0 radical (unpaired) electrons. The lowest BCUT2D eigenvalue weighted by molar-refractivity contribution is -0.128. The lowest BCUT2D eigenvalue weighted by Gasteiger charge is -2.27. The Hall–Kier alpha value is -3.01. The monoisotopic (exact) mass is 522 g/mol. The molecular formula is C28H34N4O4S. The molecule has 2 amide bonds. The van der Waals surface area contributed by atoms with Crippen LogP contribution < -0.4 is 5.32 Å². The molecule has 0 aliphatic carbocycles. The van der Waals surface area contributed by atoms with Crippen molar-refractivity contribution in [2.24, 2.45) is 4.99 Å². The smallest absolute Gasteiger partial charge is 0.242 e. The minimum absolute atomic E-state index is 0.0323. The van der Waals surface area contributed by atoms with E-state index in [4.69, 9.17) is 9.73 Å². The average molecular weight is 523 g/mol. The van der Waals surface area contributed by atoms with Crippen LogP contribution in [0.5, 0.6) is 0 Å². The van der Waals surface area contributed by atoms with E-state index in [2.05, 4.69) is 16.3 Å².